The Kier molecular flexibility index (Phi) is 8.21. The number of aryl methyl sites for hydroxylation is 1. The molecule has 0 saturated heterocycles. The van der Waals surface area contributed by atoms with Crippen LogP contribution in [0.1, 0.15) is 72.6 Å². The van der Waals surface area contributed by atoms with Crippen LogP contribution < -0.4 is 5.32 Å². The zero-order valence-corrected chi connectivity index (χ0v) is 18.1. The lowest BCUT2D eigenvalue weighted by atomic mass is 9.95. The second kappa shape index (κ2) is 11.1. The number of amides is 1. The first-order chi connectivity index (χ1) is 14.6. The van der Waals surface area contributed by atoms with Gasteiger partial charge in [0, 0.05) is 18.6 Å². The average molecular weight is 408 g/mol. The highest BCUT2D eigenvalue weighted by atomic mass is 16.5. The minimum atomic E-state index is -0.0885. The molecular weight excluding hydrogens is 374 g/mol. The summed E-state index contributed by atoms with van der Waals surface area (Å²) in [5.74, 6) is 1.07. The third-order valence-electron chi connectivity index (χ3n) is 5.48. The van der Waals surface area contributed by atoms with E-state index < -0.39 is 0 Å². The number of rotatable bonds is 12. The number of nitrogens with one attached hydrogen (secondary N) is 1. The third-order valence-corrected chi connectivity index (χ3v) is 5.48. The van der Waals surface area contributed by atoms with E-state index in [0.29, 0.717) is 36.8 Å². The van der Waals surface area contributed by atoms with Crippen molar-refractivity contribution in [2.75, 3.05) is 6.61 Å². The maximum absolute atomic E-state index is 13.3. The van der Waals surface area contributed by atoms with Crippen LogP contribution >= 0.6 is 0 Å². The van der Waals surface area contributed by atoms with Gasteiger partial charge < -0.3 is 14.8 Å². The molecule has 1 fully saturated rings. The molecule has 30 heavy (non-hydrogen) atoms. The minimum absolute atomic E-state index is 0.0487. The molecule has 0 radical (unpaired) electrons. The summed E-state index contributed by atoms with van der Waals surface area (Å²) in [6, 6.07) is 16.0. The van der Waals surface area contributed by atoms with Crippen LogP contribution in [-0.4, -0.2) is 18.8 Å². The van der Waals surface area contributed by atoms with E-state index in [-0.39, 0.29) is 11.9 Å². The molecular formula is C26H33NO3. The Bertz CT molecular complexity index is 827. The fourth-order valence-electron chi connectivity index (χ4n) is 3.66. The van der Waals surface area contributed by atoms with E-state index in [9.17, 15) is 9.59 Å². The van der Waals surface area contributed by atoms with E-state index in [1.54, 1.807) is 0 Å². The van der Waals surface area contributed by atoms with Crippen LogP contribution in [0.25, 0.3) is 0 Å². The van der Waals surface area contributed by atoms with Crippen molar-refractivity contribution in [1.82, 2.24) is 5.32 Å². The van der Waals surface area contributed by atoms with Gasteiger partial charge in [-0.15, -0.1) is 0 Å². The van der Waals surface area contributed by atoms with Gasteiger partial charge in [0.15, 0.2) is 0 Å². The highest BCUT2D eigenvalue weighted by Crippen LogP contribution is 2.29. The Hall–Kier alpha value is -2.46. The number of hydrogen-bond donors (Lipinski definition) is 1. The molecule has 0 aromatic heterocycles. The average Bonchev–Trinajstić information content (AvgIpc) is 3.57. The number of carbonyl (C=O) groups is 2. The molecule has 3 rings (SSSR count). The van der Waals surface area contributed by atoms with Gasteiger partial charge in [-0.25, -0.2) is 0 Å². The van der Waals surface area contributed by atoms with Crippen molar-refractivity contribution in [3.8, 4) is 0 Å². The van der Waals surface area contributed by atoms with E-state index in [4.69, 9.17) is 4.74 Å². The molecule has 1 atom stereocenters. The first kappa shape index (κ1) is 22.2. The van der Waals surface area contributed by atoms with Gasteiger partial charge in [0.2, 0.25) is 0 Å². The smallest absolute Gasteiger partial charge is 0.252 e. The van der Waals surface area contributed by atoms with Gasteiger partial charge in [-0.2, -0.15) is 0 Å². The summed E-state index contributed by atoms with van der Waals surface area (Å²) in [7, 11) is 0. The maximum atomic E-state index is 13.3. The van der Waals surface area contributed by atoms with E-state index in [1.165, 1.54) is 12.8 Å². The second-order valence-corrected chi connectivity index (χ2v) is 8.72. The summed E-state index contributed by atoms with van der Waals surface area (Å²) in [5.41, 5.74) is 3.66. The molecule has 4 heteroatoms. The molecule has 1 saturated carbocycles. The molecule has 2 aromatic rings. The largest absolute Gasteiger partial charge is 0.376 e. The van der Waals surface area contributed by atoms with Gasteiger partial charge in [-0.1, -0.05) is 56.3 Å². The number of ether oxygens (including phenoxy) is 1. The number of benzene rings is 2. The van der Waals surface area contributed by atoms with Crippen LogP contribution in [0.4, 0.5) is 0 Å². The molecule has 0 heterocycles. The quantitative estimate of drug-likeness (QED) is 0.488. The van der Waals surface area contributed by atoms with Crippen LogP contribution in [0.15, 0.2) is 48.5 Å². The fraction of sp³-hybridized carbons (Fsp3) is 0.462. The van der Waals surface area contributed by atoms with Crippen LogP contribution in [0.2, 0.25) is 0 Å². The Morgan fingerprint density at radius 2 is 1.93 bits per heavy atom. The molecule has 2 aromatic carbocycles. The molecule has 1 amide bonds. The molecule has 1 unspecified atom stereocenters. The van der Waals surface area contributed by atoms with Gasteiger partial charge in [0.1, 0.15) is 6.29 Å². The summed E-state index contributed by atoms with van der Waals surface area (Å²) < 4.78 is 5.81. The Labute approximate surface area is 180 Å². The van der Waals surface area contributed by atoms with E-state index >= 15 is 0 Å². The second-order valence-electron chi connectivity index (χ2n) is 8.72. The van der Waals surface area contributed by atoms with Crippen LogP contribution in [-0.2, 0) is 22.6 Å². The lowest BCUT2D eigenvalue weighted by molar-refractivity contribution is -0.107. The zero-order chi connectivity index (χ0) is 21.3. The molecule has 4 nitrogen and oxygen atoms in total. The van der Waals surface area contributed by atoms with Crippen molar-refractivity contribution >= 4 is 12.2 Å². The first-order valence-electron chi connectivity index (χ1n) is 11.1. The van der Waals surface area contributed by atoms with Crippen LogP contribution in [0.3, 0.4) is 0 Å². The van der Waals surface area contributed by atoms with Crippen molar-refractivity contribution in [3.05, 3.63) is 70.8 Å². The van der Waals surface area contributed by atoms with Gasteiger partial charge in [0.05, 0.1) is 12.6 Å². The molecule has 160 valence electrons. The molecule has 0 spiro atoms. The normalized spacial score (nSPS) is 14.5. The van der Waals surface area contributed by atoms with Gasteiger partial charge in [0.25, 0.3) is 5.91 Å². The monoisotopic (exact) mass is 407 g/mol. The Balaban J connectivity index is 1.77. The summed E-state index contributed by atoms with van der Waals surface area (Å²) in [4.78, 5) is 24.2. The van der Waals surface area contributed by atoms with Crippen molar-refractivity contribution in [1.29, 1.82) is 0 Å². The van der Waals surface area contributed by atoms with E-state index in [2.05, 4.69) is 31.3 Å². The Morgan fingerprint density at radius 1 is 1.17 bits per heavy atom. The van der Waals surface area contributed by atoms with Crippen molar-refractivity contribution < 1.29 is 14.3 Å². The van der Waals surface area contributed by atoms with Crippen molar-refractivity contribution in [2.45, 2.75) is 58.6 Å². The third kappa shape index (κ3) is 6.81. The minimum Gasteiger partial charge on any atom is -0.376 e. The van der Waals surface area contributed by atoms with Crippen LogP contribution in [0.5, 0.6) is 0 Å². The van der Waals surface area contributed by atoms with Gasteiger partial charge >= 0.3 is 0 Å². The van der Waals surface area contributed by atoms with Gasteiger partial charge in [-0.3, -0.25) is 4.79 Å². The summed E-state index contributed by atoms with van der Waals surface area (Å²) in [6.45, 7) is 5.63. The number of carbonyl (C=O) groups excluding carboxylic acids is 2. The highest BCUT2D eigenvalue weighted by molar-refractivity contribution is 5.96. The van der Waals surface area contributed by atoms with E-state index in [0.717, 1.165) is 36.0 Å². The van der Waals surface area contributed by atoms with Crippen molar-refractivity contribution in [2.24, 2.45) is 11.8 Å². The summed E-state index contributed by atoms with van der Waals surface area (Å²) >= 11 is 0. The van der Waals surface area contributed by atoms with Crippen LogP contribution in [0, 0.1) is 11.8 Å². The lowest BCUT2D eigenvalue weighted by Gasteiger charge is -2.22. The number of aldehydes is 1. The number of hydrogen-bond acceptors (Lipinski definition) is 3. The van der Waals surface area contributed by atoms with E-state index in [1.807, 2.05) is 36.4 Å². The highest BCUT2D eigenvalue weighted by Gasteiger charge is 2.22. The molecule has 0 aliphatic heterocycles. The lowest BCUT2D eigenvalue weighted by Crippen LogP contribution is -2.30. The summed E-state index contributed by atoms with van der Waals surface area (Å²) in [5, 5.41) is 3.24. The molecule has 1 aliphatic rings. The standard InChI is InChI=1S/C26H33NO3/c1-19(2)15-25(23-7-4-3-5-8-23)27-26(29)24-16-21(18-30-17-20-10-11-20)12-13-22(24)9-6-14-28/h3-5,7-8,12-14,16,19-20,25H,6,9-11,15,17-18H2,1-2H3,(H,27,29). The predicted molar refractivity (Wildman–Crippen MR) is 119 cm³/mol. The molecule has 0 bridgehead atoms. The maximum Gasteiger partial charge on any atom is 0.252 e. The predicted octanol–water partition coefficient (Wildman–Crippen LogP) is 5.26. The topological polar surface area (TPSA) is 55.4 Å². The fourth-order valence-corrected chi connectivity index (χ4v) is 3.66. The zero-order valence-electron chi connectivity index (χ0n) is 18.1. The SMILES string of the molecule is CC(C)CC(NC(=O)c1cc(COCC2CC2)ccc1CCC=O)c1ccccc1. The summed E-state index contributed by atoms with van der Waals surface area (Å²) in [6.07, 6.45) is 5.26. The first-order valence-corrected chi connectivity index (χ1v) is 11.1. The van der Waals surface area contributed by atoms with Crippen molar-refractivity contribution in [3.63, 3.8) is 0 Å². The molecule has 1 N–H and O–H groups in total. The Morgan fingerprint density at radius 3 is 2.60 bits per heavy atom. The van der Waals surface area contributed by atoms with Gasteiger partial charge in [-0.05, 0) is 60.3 Å². The molecule has 1 aliphatic carbocycles.